The van der Waals surface area contributed by atoms with E-state index < -0.39 is 23.2 Å². The molecule has 1 aromatic heterocycles. The predicted molar refractivity (Wildman–Crippen MR) is 156 cm³/mol. The molecule has 5 rings (SSSR count). The van der Waals surface area contributed by atoms with Crippen molar-refractivity contribution in [2.75, 3.05) is 13.6 Å². The highest BCUT2D eigenvalue weighted by Gasteiger charge is 2.50. The number of nitrogens with zero attached hydrogens (tertiary/aromatic N) is 3. The lowest BCUT2D eigenvalue weighted by Gasteiger charge is -2.36. The first-order chi connectivity index (χ1) is 19.5. The number of halogens is 3. The van der Waals surface area contributed by atoms with Crippen molar-refractivity contribution in [2.24, 2.45) is 16.5 Å². The molecule has 1 atom stereocenters. The number of benzene rings is 2. The number of amides is 2. The molecule has 2 aliphatic rings. The fourth-order valence-electron chi connectivity index (χ4n) is 5.49. The van der Waals surface area contributed by atoms with Gasteiger partial charge in [-0.05, 0) is 68.1 Å². The Hall–Kier alpha value is -4.13. The van der Waals surface area contributed by atoms with E-state index >= 15 is 0 Å². The minimum Gasteiger partial charge on any atom is -0.400 e. The number of aliphatic imine (C=N–C) groups is 1. The van der Waals surface area contributed by atoms with Crippen LogP contribution in [0.1, 0.15) is 53.4 Å². The van der Waals surface area contributed by atoms with Crippen molar-refractivity contribution in [1.82, 2.24) is 9.88 Å². The van der Waals surface area contributed by atoms with Gasteiger partial charge in [0.15, 0.2) is 0 Å². The molecule has 11 heteroatoms. The number of hydrogen-bond acceptors (Lipinski definition) is 5. The highest BCUT2D eigenvalue weighted by atomic mass is 35.5. The molecule has 41 heavy (non-hydrogen) atoms. The van der Waals surface area contributed by atoms with Crippen LogP contribution in [0.3, 0.4) is 0 Å². The van der Waals surface area contributed by atoms with Crippen molar-refractivity contribution in [3.63, 3.8) is 0 Å². The molecular formula is C30H27Cl2FN6O2. The number of rotatable bonds is 6. The van der Waals surface area contributed by atoms with Crippen LogP contribution in [0.25, 0.3) is 11.1 Å². The molecule has 0 bridgehead atoms. The van der Waals surface area contributed by atoms with Gasteiger partial charge in [-0.25, -0.2) is 4.39 Å². The average Bonchev–Trinajstić information content (AvgIpc) is 3.63. The average molecular weight is 593 g/mol. The van der Waals surface area contributed by atoms with Gasteiger partial charge in [0.05, 0.1) is 27.8 Å². The summed E-state index contributed by atoms with van der Waals surface area (Å²) in [4.78, 5) is 34.7. The standard InChI is InChI=1S/C30H27Cl2FN6O2/c1-15-26(35)22(27(37-2)16-7-18(10-19(31)8-16)30(4-5-30)29(36)41)3-6-39(15)28(40)24-12-20(33)11-23(25(24)32)17-9-21(13-34)38-14-17/h7-12,14-15,38H,3-6,35H2,1-2H3,(H2,36,41). The van der Waals surface area contributed by atoms with Crippen LogP contribution in [0.5, 0.6) is 0 Å². The summed E-state index contributed by atoms with van der Waals surface area (Å²) in [6, 6.07) is 10.7. The SMILES string of the molecule is CN=C(C1=C(N)C(C)N(C(=O)c2cc(F)cc(-c3c[nH]c(C#N)c3)c2Cl)CC1)c1cc(Cl)cc(C2(C(N)=O)CC2)c1. The van der Waals surface area contributed by atoms with Gasteiger partial charge in [0, 0.05) is 52.8 Å². The van der Waals surface area contributed by atoms with Crippen LogP contribution in [-0.2, 0) is 10.2 Å². The molecule has 2 aromatic carbocycles. The molecule has 5 N–H and O–H groups in total. The van der Waals surface area contributed by atoms with Crippen LogP contribution in [0.15, 0.2) is 58.9 Å². The minimum absolute atomic E-state index is 0.00507. The van der Waals surface area contributed by atoms with Crippen LogP contribution in [-0.4, -0.2) is 47.0 Å². The van der Waals surface area contributed by atoms with E-state index in [1.807, 2.05) is 12.1 Å². The number of aromatic amines is 1. The maximum atomic E-state index is 14.7. The molecule has 0 spiro atoms. The number of H-pyrrole nitrogens is 1. The molecule has 1 unspecified atom stereocenters. The second kappa shape index (κ2) is 10.7. The van der Waals surface area contributed by atoms with Crippen molar-refractivity contribution in [1.29, 1.82) is 5.26 Å². The topological polar surface area (TPSA) is 141 Å². The third-order valence-electron chi connectivity index (χ3n) is 7.97. The fourth-order valence-corrected chi connectivity index (χ4v) is 6.02. The Bertz CT molecular complexity index is 1700. The highest BCUT2D eigenvalue weighted by molar-refractivity contribution is 6.36. The smallest absolute Gasteiger partial charge is 0.256 e. The third kappa shape index (κ3) is 4.98. The normalized spacial score (nSPS) is 18.3. The molecule has 0 radical (unpaired) electrons. The van der Waals surface area contributed by atoms with Crippen LogP contribution in [0, 0.1) is 17.1 Å². The lowest BCUT2D eigenvalue weighted by atomic mass is 9.88. The molecule has 210 valence electrons. The van der Waals surface area contributed by atoms with Gasteiger partial charge in [0.2, 0.25) is 5.91 Å². The Kier molecular flexibility index (Phi) is 7.41. The maximum Gasteiger partial charge on any atom is 0.256 e. The number of carbonyl (C=O) groups is 2. The largest absolute Gasteiger partial charge is 0.400 e. The number of aromatic nitrogens is 1. The Morgan fingerprint density at radius 1 is 1.20 bits per heavy atom. The van der Waals surface area contributed by atoms with Gasteiger partial charge in [0.25, 0.3) is 5.91 Å². The summed E-state index contributed by atoms with van der Waals surface area (Å²) in [6.07, 6.45) is 3.23. The van der Waals surface area contributed by atoms with Gasteiger partial charge < -0.3 is 21.4 Å². The van der Waals surface area contributed by atoms with Crippen molar-refractivity contribution in [3.8, 4) is 17.2 Å². The van der Waals surface area contributed by atoms with E-state index in [1.165, 1.54) is 18.3 Å². The summed E-state index contributed by atoms with van der Waals surface area (Å²) < 4.78 is 14.7. The van der Waals surface area contributed by atoms with Crippen LogP contribution in [0.2, 0.25) is 10.0 Å². The molecule has 1 fully saturated rings. The van der Waals surface area contributed by atoms with Gasteiger partial charge in [0.1, 0.15) is 17.6 Å². The quantitative estimate of drug-likeness (QED) is 0.343. The molecule has 8 nitrogen and oxygen atoms in total. The molecule has 1 saturated carbocycles. The van der Waals surface area contributed by atoms with Crippen LogP contribution < -0.4 is 11.5 Å². The number of carbonyl (C=O) groups excluding carboxylic acids is 2. The zero-order valence-electron chi connectivity index (χ0n) is 22.4. The van der Waals surface area contributed by atoms with E-state index in [1.54, 1.807) is 31.0 Å². The zero-order valence-corrected chi connectivity index (χ0v) is 23.9. The first-order valence-electron chi connectivity index (χ1n) is 13.0. The Morgan fingerprint density at radius 3 is 2.54 bits per heavy atom. The molecule has 0 saturated heterocycles. The van der Waals surface area contributed by atoms with E-state index in [-0.39, 0.29) is 28.7 Å². The molecule has 3 aromatic rings. The minimum atomic E-state index is -0.721. The first-order valence-corrected chi connectivity index (χ1v) is 13.7. The maximum absolute atomic E-state index is 14.7. The fraction of sp³-hybridized carbons (Fsp3) is 0.267. The summed E-state index contributed by atoms with van der Waals surface area (Å²) in [7, 11) is 1.64. The first kappa shape index (κ1) is 28.4. The highest BCUT2D eigenvalue weighted by Crippen LogP contribution is 2.49. The van der Waals surface area contributed by atoms with Gasteiger partial charge in [-0.1, -0.05) is 23.2 Å². The van der Waals surface area contributed by atoms with Crippen molar-refractivity contribution >= 4 is 40.7 Å². The Morgan fingerprint density at radius 2 is 1.93 bits per heavy atom. The third-order valence-corrected chi connectivity index (χ3v) is 8.59. The summed E-state index contributed by atoms with van der Waals surface area (Å²) >= 11 is 13.1. The number of hydrogen-bond donors (Lipinski definition) is 3. The lowest BCUT2D eigenvalue weighted by Crippen LogP contribution is -2.46. The predicted octanol–water partition coefficient (Wildman–Crippen LogP) is 5.08. The Labute approximate surface area is 246 Å². The van der Waals surface area contributed by atoms with Crippen LogP contribution in [0.4, 0.5) is 4.39 Å². The molecule has 2 heterocycles. The molecule has 1 aliphatic heterocycles. The summed E-state index contributed by atoms with van der Waals surface area (Å²) in [5.74, 6) is -1.50. The van der Waals surface area contributed by atoms with Crippen molar-refractivity contribution < 1.29 is 14.0 Å². The van der Waals surface area contributed by atoms with Crippen LogP contribution >= 0.6 is 23.2 Å². The number of primary amides is 1. The Balaban J connectivity index is 1.47. The number of nitriles is 1. The van der Waals surface area contributed by atoms with E-state index in [0.29, 0.717) is 52.4 Å². The summed E-state index contributed by atoms with van der Waals surface area (Å²) in [5.41, 5.74) is 15.9. The second-order valence-corrected chi connectivity index (χ2v) is 11.1. The van der Waals surface area contributed by atoms with Crippen molar-refractivity contribution in [3.05, 3.63) is 92.1 Å². The van der Waals surface area contributed by atoms with E-state index in [9.17, 15) is 14.0 Å². The summed E-state index contributed by atoms with van der Waals surface area (Å²) in [5, 5.41) is 9.65. The molecule has 2 amide bonds. The number of nitrogens with one attached hydrogen (secondary N) is 1. The van der Waals surface area contributed by atoms with E-state index in [4.69, 9.17) is 39.9 Å². The van der Waals surface area contributed by atoms with Gasteiger partial charge in [-0.2, -0.15) is 5.26 Å². The molecular weight excluding hydrogens is 566 g/mol. The zero-order chi connectivity index (χ0) is 29.6. The van der Waals surface area contributed by atoms with Gasteiger partial charge >= 0.3 is 0 Å². The van der Waals surface area contributed by atoms with Gasteiger partial charge in [-0.15, -0.1) is 0 Å². The number of nitrogens with two attached hydrogens (primary N) is 2. The van der Waals surface area contributed by atoms with Gasteiger partial charge in [-0.3, -0.25) is 14.6 Å². The lowest BCUT2D eigenvalue weighted by molar-refractivity contribution is -0.120. The van der Waals surface area contributed by atoms with Crippen molar-refractivity contribution in [2.45, 2.75) is 37.6 Å². The monoisotopic (exact) mass is 592 g/mol. The van der Waals surface area contributed by atoms with E-state index in [0.717, 1.165) is 17.2 Å². The molecule has 1 aliphatic carbocycles. The second-order valence-electron chi connectivity index (χ2n) is 10.3. The van der Waals surface area contributed by atoms with E-state index in [2.05, 4.69) is 9.98 Å². The summed E-state index contributed by atoms with van der Waals surface area (Å²) in [6.45, 7) is 2.06.